The van der Waals surface area contributed by atoms with Gasteiger partial charge in [0.2, 0.25) is 5.60 Å². The van der Waals surface area contributed by atoms with Crippen molar-refractivity contribution < 1.29 is 38.4 Å². The van der Waals surface area contributed by atoms with Gasteiger partial charge in [0.1, 0.15) is 28.4 Å². The smallest absolute Gasteiger partial charge is 0.353 e. The molecule has 1 saturated heterocycles. The Hall–Kier alpha value is -3.98. The molecule has 2 aliphatic heterocycles. The van der Waals surface area contributed by atoms with Gasteiger partial charge in [-0.25, -0.2) is 19.1 Å². The van der Waals surface area contributed by atoms with E-state index in [4.69, 9.17) is 15.3 Å². The Balaban J connectivity index is 1.54. The number of oxime groups is 1. The predicted molar refractivity (Wildman–Crippen MR) is 150 cm³/mol. The fourth-order valence-electron chi connectivity index (χ4n) is 3.97. The van der Waals surface area contributed by atoms with Crippen LogP contribution >= 0.6 is 23.1 Å². The summed E-state index contributed by atoms with van der Waals surface area (Å²) in [4.78, 5) is 62.1. The summed E-state index contributed by atoms with van der Waals surface area (Å²) < 4.78 is 7.19. The summed E-state index contributed by atoms with van der Waals surface area (Å²) in [7, 11) is 0. The van der Waals surface area contributed by atoms with Crippen LogP contribution in [0.15, 0.2) is 52.4 Å². The molecule has 4 heterocycles. The third kappa shape index (κ3) is 6.68. The van der Waals surface area contributed by atoms with Crippen LogP contribution in [-0.2, 0) is 35.3 Å². The summed E-state index contributed by atoms with van der Waals surface area (Å²) in [5.41, 5.74) is 3.68. The molecule has 2 aromatic heterocycles. The molecular weight excluding hydrogens is 572 g/mol. The predicted octanol–water partition coefficient (Wildman–Crippen LogP) is 1.29. The molecule has 2 aromatic rings. The number of nitrogens with two attached hydrogens (primary N) is 1. The molecule has 2 atom stereocenters. The number of hydrogen-bond acceptors (Lipinski definition) is 11. The zero-order valence-electron chi connectivity index (χ0n) is 23.1. The lowest BCUT2D eigenvalue weighted by molar-refractivity contribution is -0.689. The number of rotatable bonds is 9. The highest BCUT2D eigenvalue weighted by Gasteiger charge is 2.55. The Bertz CT molecular complexity index is 1430. The van der Waals surface area contributed by atoms with Crippen molar-refractivity contribution in [3.8, 4) is 0 Å². The van der Waals surface area contributed by atoms with Gasteiger partial charge in [0.15, 0.2) is 29.8 Å². The highest BCUT2D eigenvalue weighted by molar-refractivity contribution is 8.00. The maximum absolute atomic E-state index is 13.4. The second-order valence-electron chi connectivity index (χ2n) is 10.8. The van der Waals surface area contributed by atoms with Crippen LogP contribution < -0.4 is 15.6 Å². The Kier molecular flexibility index (Phi) is 8.40. The van der Waals surface area contributed by atoms with Gasteiger partial charge < -0.3 is 25.7 Å². The van der Waals surface area contributed by atoms with Crippen molar-refractivity contribution in [2.45, 2.75) is 63.8 Å². The lowest BCUT2D eigenvalue weighted by Gasteiger charge is -2.49. The fraction of sp³-hybridized carbons (Fsp3) is 0.423. The number of nitrogens with one attached hydrogen (secondary N) is 1. The van der Waals surface area contributed by atoms with Crippen LogP contribution in [0.3, 0.4) is 0 Å². The molecule has 1 fully saturated rings. The third-order valence-electron chi connectivity index (χ3n) is 5.92. The maximum Gasteiger partial charge on any atom is 0.353 e. The topological polar surface area (TPSA) is 177 Å². The zero-order chi connectivity index (χ0) is 30.1. The second kappa shape index (κ2) is 11.5. The molecule has 0 aliphatic carbocycles. The van der Waals surface area contributed by atoms with E-state index >= 15 is 0 Å². The summed E-state index contributed by atoms with van der Waals surface area (Å²) in [5, 5.41) is 17.5. The highest BCUT2D eigenvalue weighted by atomic mass is 32.2. The summed E-state index contributed by atoms with van der Waals surface area (Å²) >= 11 is 2.41. The van der Waals surface area contributed by atoms with Crippen molar-refractivity contribution in [2.24, 2.45) is 5.16 Å². The number of nitrogens with zero attached hydrogens (tertiary/aromatic N) is 4. The van der Waals surface area contributed by atoms with Gasteiger partial charge in [-0.2, -0.15) is 0 Å². The van der Waals surface area contributed by atoms with Gasteiger partial charge in [0.05, 0.1) is 0 Å². The van der Waals surface area contributed by atoms with E-state index in [2.05, 4.69) is 15.5 Å². The number of carboxylic acids is 1. The van der Waals surface area contributed by atoms with Gasteiger partial charge >= 0.3 is 11.9 Å². The lowest BCUT2D eigenvalue weighted by Crippen LogP contribution is -2.71. The summed E-state index contributed by atoms with van der Waals surface area (Å²) in [6.45, 7) is 8.29. The Morgan fingerprint density at radius 2 is 1.90 bits per heavy atom. The van der Waals surface area contributed by atoms with Crippen molar-refractivity contribution in [3.05, 3.63) is 52.9 Å². The molecular formula is C26H31N6O7S2+. The molecule has 0 unspecified atom stereocenters. The van der Waals surface area contributed by atoms with E-state index in [-0.39, 0.29) is 22.2 Å². The van der Waals surface area contributed by atoms with Gasteiger partial charge in [-0.05, 0) is 34.6 Å². The number of anilines is 1. The molecule has 0 radical (unpaired) electrons. The van der Waals surface area contributed by atoms with Crippen LogP contribution in [0.5, 0.6) is 0 Å². The van der Waals surface area contributed by atoms with E-state index < -0.39 is 46.4 Å². The van der Waals surface area contributed by atoms with Gasteiger partial charge in [0, 0.05) is 28.8 Å². The zero-order valence-corrected chi connectivity index (χ0v) is 24.7. The van der Waals surface area contributed by atoms with E-state index in [9.17, 15) is 24.3 Å². The van der Waals surface area contributed by atoms with E-state index in [0.29, 0.717) is 17.9 Å². The van der Waals surface area contributed by atoms with E-state index in [0.717, 1.165) is 11.3 Å². The standard InChI is InChI=1S/C26H30N6O7S2/c1-25(2,3)38-23(37)26(4,5)39-30-16(15-13-41-24(27)28-15)19(33)29-17-20(34)32-18(22(35)36)14(12-40-21(17)32)11-31-9-7-6-8-10-31/h6-10,13,17,21H,11-12H2,1-5H3,(H3-,27,28,29,33,35,36)/p+1/b30-16+/t17-,21-/m1/s1. The van der Waals surface area contributed by atoms with E-state index in [1.807, 2.05) is 35.2 Å². The molecule has 0 bridgehead atoms. The number of aromatic nitrogens is 2. The minimum absolute atomic E-state index is 0.0817. The molecule has 4 N–H and O–H groups in total. The monoisotopic (exact) mass is 603 g/mol. The first-order valence-corrected chi connectivity index (χ1v) is 14.5. The number of nitrogen functional groups attached to an aromatic ring is 1. The van der Waals surface area contributed by atoms with Crippen molar-refractivity contribution >= 4 is 57.7 Å². The number of β-lactam (4-membered cyclic amide) rings is 1. The molecule has 0 saturated carbocycles. The second-order valence-corrected chi connectivity index (χ2v) is 12.8. The fourth-order valence-corrected chi connectivity index (χ4v) is 5.86. The van der Waals surface area contributed by atoms with Crippen molar-refractivity contribution in [1.82, 2.24) is 15.2 Å². The van der Waals surface area contributed by atoms with Crippen molar-refractivity contribution in [2.75, 3.05) is 11.5 Å². The number of hydrogen-bond donors (Lipinski definition) is 3. The minimum atomic E-state index is -1.56. The van der Waals surface area contributed by atoms with Crippen LogP contribution in [0.25, 0.3) is 0 Å². The number of carboxylic acid groups (broad SMARTS) is 1. The molecule has 4 rings (SSSR count). The van der Waals surface area contributed by atoms with Crippen LogP contribution in [0, 0.1) is 0 Å². The molecule has 15 heteroatoms. The third-order valence-corrected chi connectivity index (χ3v) is 7.94. The Morgan fingerprint density at radius 1 is 1.22 bits per heavy atom. The van der Waals surface area contributed by atoms with Gasteiger partial charge in [-0.15, -0.1) is 23.1 Å². The first kappa shape index (κ1) is 30.0. The largest absolute Gasteiger partial charge is 0.477 e. The number of carbonyl (C=O) groups is 4. The van der Waals surface area contributed by atoms with Crippen LogP contribution in [-0.4, -0.2) is 72.8 Å². The van der Waals surface area contributed by atoms with Crippen molar-refractivity contribution in [3.63, 3.8) is 0 Å². The Morgan fingerprint density at radius 3 is 2.49 bits per heavy atom. The number of thiazole rings is 1. The van der Waals surface area contributed by atoms with E-state index in [1.54, 1.807) is 20.8 Å². The number of pyridine rings is 1. The first-order chi connectivity index (χ1) is 19.2. The summed E-state index contributed by atoms with van der Waals surface area (Å²) in [5.74, 6) is -2.96. The van der Waals surface area contributed by atoms with Crippen LogP contribution in [0.2, 0.25) is 0 Å². The Labute approximate surface area is 244 Å². The summed E-state index contributed by atoms with van der Waals surface area (Å²) in [6, 6.07) is 4.48. The average molecular weight is 604 g/mol. The maximum atomic E-state index is 13.4. The molecule has 0 spiro atoms. The number of thioether (sulfide) groups is 1. The number of esters is 1. The number of amides is 2. The van der Waals surface area contributed by atoms with Crippen molar-refractivity contribution in [1.29, 1.82) is 0 Å². The average Bonchev–Trinajstić information content (AvgIpc) is 3.32. The van der Waals surface area contributed by atoms with Crippen LogP contribution in [0.4, 0.5) is 5.13 Å². The highest BCUT2D eigenvalue weighted by Crippen LogP contribution is 2.40. The number of fused-ring (bicyclic) bond motifs is 1. The molecule has 41 heavy (non-hydrogen) atoms. The minimum Gasteiger partial charge on any atom is -0.477 e. The molecule has 2 aliphatic rings. The normalized spacial score (nSPS) is 19.3. The van der Waals surface area contributed by atoms with Gasteiger partial charge in [0.25, 0.3) is 11.8 Å². The molecule has 0 aromatic carbocycles. The first-order valence-electron chi connectivity index (χ1n) is 12.5. The SMILES string of the molecule is CC(C)(C)OC(=O)C(C)(C)O/N=C(/C(=O)N[C@@H]1C(=O)N2C(C(=O)O)=C(C[n+]3ccccc3)CS[C@H]12)c1csc(N)n1. The number of carbonyl (C=O) groups excluding carboxylic acids is 3. The lowest BCUT2D eigenvalue weighted by atomic mass is 10.0. The van der Waals surface area contributed by atoms with Gasteiger partial charge in [-0.3, -0.25) is 14.5 Å². The van der Waals surface area contributed by atoms with Crippen LogP contribution in [0.1, 0.15) is 40.3 Å². The molecule has 218 valence electrons. The van der Waals surface area contributed by atoms with Gasteiger partial charge in [-0.1, -0.05) is 11.2 Å². The number of ether oxygens (including phenoxy) is 1. The quantitative estimate of drug-likeness (QED) is 0.124. The van der Waals surface area contributed by atoms with E-state index in [1.165, 1.54) is 35.9 Å². The molecule has 13 nitrogen and oxygen atoms in total. The summed E-state index contributed by atoms with van der Waals surface area (Å²) in [6.07, 6.45) is 3.62. The number of aliphatic carboxylic acids is 1. The molecule has 2 amide bonds.